The first-order valence-corrected chi connectivity index (χ1v) is 2.10. The van der Waals surface area contributed by atoms with Gasteiger partial charge in [0.25, 0.3) is 5.91 Å². The summed E-state index contributed by atoms with van der Waals surface area (Å²) in [4.78, 5) is 10.3. The monoisotopic (exact) mass is 127 g/mol. The van der Waals surface area contributed by atoms with Crippen molar-refractivity contribution in [3.63, 3.8) is 0 Å². The number of rotatable bonds is 1. The van der Waals surface area contributed by atoms with E-state index in [0.29, 0.717) is 0 Å². The maximum atomic E-state index is 10.3. The summed E-state index contributed by atoms with van der Waals surface area (Å²) in [5.74, 6) is -0.694. The van der Waals surface area contributed by atoms with Gasteiger partial charge in [0, 0.05) is 7.05 Å². The Morgan fingerprint density at radius 1 is 1.89 bits per heavy atom. The van der Waals surface area contributed by atoms with Crippen molar-refractivity contribution >= 4 is 11.6 Å². The third-order valence-electron chi connectivity index (χ3n) is 0.648. The lowest BCUT2D eigenvalue weighted by Crippen LogP contribution is -2.26. The van der Waals surface area contributed by atoms with Crippen LogP contribution in [-0.2, 0) is 4.79 Å². The van der Waals surface area contributed by atoms with Crippen LogP contribution in [-0.4, -0.2) is 23.9 Å². The molecule has 0 rings (SSSR count). The zero-order valence-electron chi connectivity index (χ0n) is 4.75. The minimum atomic E-state index is -0.694. The van der Waals surface area contributed by atoms with Crippen LogP contribution in [0.5, 0.6) is 0 Å². The lowest BCUT2D eigenvalue weighted by molar-refractivity contribution is -0.114. The molecule has 9 heavy (non-hydrogen) atoms. The number of hydrogen-bond donors (Lipinski definition) is 2. The van der Waals surface area contributed by atoms with Crippen LogP contribution < -0.4 is 5.32 Å². The molecule has 0 saturated carbocycles. The Bertz CT molecular complexity index is 179. The van der Waals surface area contributed by atoms with Gasteiger partial charge in [-0.25, -0.2) is 0 Å². The molecule has 2 N–H and O–H groups in total. The van der Waals surface area contributed by atoms with E-state index in [0.717, 1.165) is 0 Å². The lowest BCUT2D eigenvalue weighted by atomic mass is 10.4. The van der Waals surface area contributed by atoms with Crippen LogP contribution in [0, 0.1) is 11.3 Å². The number of oxime groups is 1. The van der Waals surface area contributed by atoms with Gasteiger partial charge in [-0.2, -0.15) is 5.26 Å². The predicted octanol–water partition coefficient (Wildman–Crippen LogP) is -0.914. The molecule has 48 valence electrons. The van der Waals surface area contributed by atoms with E-state index in [-0.39, 0.29) is 0 Å². The van der Waals surface area contributed by atoms with Crippen molar-refractivity contribution in [2.24, 2.45) is 5.16 Å². The Balaban J connectivity index is 4.19. The van der Waals surface area contributed by atoms with Crippen LogP contribution >= 0.6 is 0 Å². The van der Waals surface area contributed by atoms with Crippen LogP contribution in [0.1, 0.15) is 0 Å². The van der Waals surface area contributed by atoms with E-state index in [1.165, 1.54) is 13.1 Å². The second-order valence-electron chi connectivity index (χ2n) is 1.14. The average molecular weight is 127 g/mol. The zero-order valence-corrected chi connectivity index (χ0v) is 4.75. The Morgan fingerprint density at radius 3 is 2.56 bits per heavy atom. The van der Waals surface area contributed by atoms with Crippen molar-refractivity contribution in [2.45, 2.75) is 0 Å². The quantitative estimate of drug-likeness (QED) is 0.271. The van der Waals surface area contributed by atoms with Crippen molar-refractivity contribution in [3.8, 4) is 6.07 Å². The van der Waals surface area contributed by atoms with E-state index in [1.807, 2.05) is 0 Å². The molecule has 0 fully saturated rings. The predicted molar refractivity (Wildman–Crippen MR) is 28.9 cm³/mol. The van der Waals surface area contributed by atoms with Crippen LogP contribution in [0.4, 0.5) is 0 Å². The summed E-state index contributed by atoms with van der Waals surface area (Å²) >= 11 is 0. The molecule has 0 aliphatic rings. The molecule has 0 heterocycles. The second kappa shape index (κ2) is 3.43. The van der Waals surface area contributed by atoms with Gasteiger partial charge < -0.3 is 10.5 Å². The number of carbonyl (C=O) groups is 1. The Labute approximate surface area is 51.6 Å². The summed E-state index contributed by atoms with van der Waals surface area (Å²) in [5, 5.41) is 20.5. The summed E-state index contributed by atoms with van der Waals surface area (Å²) in [7, 11) is 1.34. The highest BCUT2D eigenvalue weighted by Crippen LogP contribution is 1.71. The Hall–Kier alpha value is -1.57. The smallest absolute Gasteiger partial charge is 0.284 e. The SMILES string of the molecule is CNC(=O)/C(C#N)=N\O. The summed E-state index contributed by atoms with van der Waals surface area (Å²) in [6, 6.07) is 1.39. The molecular weight excluding hydrogens is 122 g/mol. The first kappa shape index (κ1) is 7.43. The van der Waals surface area contributed by atoms with Crippen LogP contribution in [0.2, 0.25) is 0 Å². The minimum absolute atomic E-state index is 0.544. The molecule has 0 spiro atoms. The van der Waals surface area contributed by atoms with Gasteiger partial charge in [-0.1, -0.05) is 5.16 Å². The van der Waals surface area contributed by atoms with Crippen LogP contribution in [0.3, 0.4) is 0 Å². The summed E-state index contributed by atoms with van der Waals surface area (Å²) in [5.41, 5.74) is -0.544. The van der Waals surface area contributed by atoms with Crippen LogP contribution in [0.25, 0.3) is 0 Å². The number of nitriles is 1. The summed E-state index contributed by atoms with van der Waals surface area (Å²) in [6.45, 7) is 0. The van der Waals surface area contributed by atoms with Gasteiger partial charge in [0.2, 0.25) is 5.71 Å². The molecule has 5 nitrogen and oxygen atoms in total. The topological polar surface area (TPSA) is 85.5 Å². The number of hydrogen-bond acceptors (Lipinski definition) is 4. The molecule has 0 aliphatic heterocycles. The van der Waals surface area contributed by atoms with Crippen molar-refractivity contribution < 1.29 is 10.0 Å². The summed E-state index contributed by atoms with van der Waals surface area (Å²) < 4.78 is 0. The normalized spacial score (nSPS) is 10.0. The maximum Gasteiger partial charge on any atom is 0.284 e. The van der Waals surface area contributed by atoms with E-state index in [4.69, 9.17) is 10.5 Å². The standard InChI is InChI=1S/C4H5N3O2/c1-6-4(8)3(2-5)7-9/h9H,1H3,(H,6,8)/b7-3-. The Morgan fingerprint density at radius 2 is 2.44 bits per heavy atom. The molecule has 0 aromatic carbocycles. The number of amides is 1. The van der Waals surface area contributed by atoms with Gasteiger partial charge in [0.1, 0.15) is 6.07 Å². The molecule has 0 aliphatic carbocycles. The molecular formula is C4H5N3O2. The third kappa shape index (κ3) is 1.78. The molecule has 0 radical (unpaired) electrons. The molecule has 0 aromatic rings. The van der Waals surface area contributed by atoms with Crippen molar-refractivity contribution in [2.75, 3.05) is 7.05 Å². The highest BCUT2D eigenvalue weighted by molar-refractivity contribution is 6.44. The highest BCUT2D eigenvalue weighted by Gasteiger charge is 2.06. The first-order chi connectivity index (χ1) is 4.26. The molecule has 0 saturated heterocycles. The maximum absolute atomic E-state index is 10.3. The van der Waals surface area contributed by atoms with Crippen molar-refractivity contribution in [1.29, 1.82) is 5.26 Å². The molecule has 0 aromatic heterocycles. The van der Waals surface area contributed by atoms with E-state index in [1.54, 1.807) is 0 Å². The first-order valence-electron chi connectivity index (χ1n) is 2.10. The number of nitrogens with one attached hydrogen (secondary N) is 1. The van der Waals surface area contributed by atoms with Crippen LogP contribution in [0.15, 0.2) is 5.16 Å². The largest absolute Gasteiger partial charge is 0.410 e. The lowest BCUT2D eigenvalue weighted by Gasteiger charge is -1.89. The van der Waals surface area contributed by atoms with E-state index in [9.17, 15) is 4.79 Å². The van der Waals surface area contributed by atoms with Gasteiger partial charge in [-0.3, -0.25) is 4.79 Å². The zero-order chi connectivity index (χ0) is 7.28. The molecule has 0 bridgehead atoms. The molecule has 0 unspecified atom stereocenters. The fraction of sp³-hybridized carbons (Fsp3) is 0.250. The van der Waals surface area contributed by atoms with Crippen molar-refractivity contribution in [1.82, 2.24) is 5.32 Å². The molecule has 0 atom stereocenters. The third-order valence-corrected chi connectivity index (χ3v) is 0.648. The van der Waals surface area contributed by atoms with Gasteiger partial charge >= 0.3 is 0 Å². The number of nitrogens with zero attached hydrogens (tertiary/aromatic N) is 2. The number of carbonyl (C=O) groups excluding carboxylic acids is 1. The van der Waals surface area contributed by atoms with Gasteiger partial charge in [-0.15, -0.1) is 0 Å². The van der Waals surface area contributed by atoms with Gasteiger partial charge in [-0.05, 0) is 0 Å². The molecule has 1 amide bonds. The summed E-state index contributed by atoms with van der Waals surface area (Å²) in [6.07, 6.45) is 0. The van der Waals surface area contributed by atoms with Gasteiger partial charge in [0.15, 0.2) is 0 Å². The highest BCUT2D eigenvalue weighted by atomic mass is 16.4. The fourth-order valence-electron chi connectivity index (χ4n) is 0.237. The van der Waals surface area contributed by atoms with Crippen molar-refractivity contribution in [3.05, 3.63) is 0 Å². The van der Waals surface area contributed by atoms with E-state index >= 15 is 0 Å². The Kier molecular flexibility index (Phi) is 2.84. The fourth-order valence-corrected chi connectivity index (χ4v) is 0.237. The molecule has 5 heteroatoms. The average Bonchev–Trinajstić information content (AvgIpc) is 1.90. The van der Waals surface area contributed by atoms with E-state index in [2.05, 4.69) is 10.5 Å². The van der Waals surface area contributed by atoms with Gasteiger partial charge in [0.05, 0.1) is 0 Å². The minimum Gasteiger partial charge on any atom is -0.410 e. The second-order valence-corrected chi connectivity index (χ2v) is 1.14. The van der Waals surface area contributed by atoms with E-state index < -0.39 is 11.6 Å².